The highest BCUT2D eigenvalue weighted by Crippen LogP contribution is 2.19. The lowest BCUT2D eigenvalue weighted by atomic mass is 10.2. The molecule has 0 saturated heterocycles. The van der Waals surface area contributed by atoms with Crippen molar-refractivity contribution in [3.8, 4) is 11.3 Å². The number of hydrogen-bond donors (Lipinski definition) is 1. The summed E-state index contributed by atoms with van der Waals surface area (Å²) in [6, 6.07) is 13.8. The van der Waals surface area contributed by atoms with Gasteiger partial charge in [-0.25, -0.2) is 4.98 Å². The van der Waals surface area contributed by atoms with Crippen LogP contribution in [0.1, 0.15) is 5.56 Å². The van der Waals surface area contributed by atoms with Crippen LogP contribution in [0.5, 0.6) is 0 Å². The third-order valence-electron chi connectivity index (χ3n) is 2.78. The molecule has 3 heteroatoms. The molecule has 3 aromatic rings. The fourth-order valence-corrected chi connectivity index (χ4v) is 1.87. The Morgan fingerprint density at radius 1 is 1.12 bits per heavy atom. The molecule has 0 aliphatic carbocycles. The van der Waals surface area contributed by atoms with Gasteiger partial charge in [-0.05, 0) is 17.7 Å². The van der Waals surface area contributed by atoms with Gasteiger partial charge in [0.25, 0.3) is 0 Å². The van der Waals surface area contributed by atoms with Crippen LogP contribution >= 0.6 is 0 Å². The van der Waals surface area contributed by atoms with E-state index in [1.807, 2.05) is 59.3 Å². The number of rotatable bonds is 2. The zero-order chi connectivity index (χ0) is 11.7. The van der Waals surface area contributed by atoms with Crippen LogP contribution < -0.4 is 0 Å². The van der Waals surface area contributed by atoms with Gasteiger partial charge in [-0.3, -0.25) is 0 Å². The van der Waals surface area contributed by atoms with Crippen molar-refractivity contribution in [2.75, 3.05) is 0 Å². The number of pyridine rings is 1. The first-order valence-corrected chi connectivity index (χ1v) is 5.51. The minimum atomic E-state index is 0.0457. The molecule has 1 aromatic carbocycles. The number of nitrogens with zero attached hydrogens (tertiary/aromatic N) is 2. The highest BCUT2D eigenvalue weighted by molar-refractivity contribution is 5.62. The summed E-state index contributed by atoms with van der Waals surface area (Å²) in [5.74, 6) is 0. The van der Waals surface area contributed by atoms with Crippen LogP contribution in [-0.4, -0.2) is 14.5 Å². The fourth-order valence-electron chi connectivity index (χ4n) is 1.87. The SMILES string of the molecule is OCc1ccn2cc(-c3ccccc3)nc2c1. The van der Waals surface area contributed by atoms with E-state index in [4.69, 9.17) is 5.11 Å². The molecular weight excluding hydrogens is 212 g/mol. The van der Waals surface area contributed by atoms with Crippen LogP contribution in [0.2, 0.25) is 0 Å². The van der Waals surface area contributed by atoms with E-state index in [0.29, 0.717) is 0 Å². The number of hydrogen-bond acceptors (Lipinski definition) is 2. The molecule has 0 fully saturated rings. The quantitative estimate of drug-likeness (QED) is 0.726. The van der Waals surface area contributed by atoms with Crippen molar-refractivity contribution in [2.45, 2.75) is 6.61 Å². The molecule has 0 aliphatic rings. The average molecular weight is 224 g/mol. The Morgan fingerprint density at radius 3 is 2.71 bits per heavy atom. The molecule has 0 aliphatic heterocycles. The molecule has 0 unspecified atom stereocenters. The highest BCUT2D eigenvalue weighted by atomic mass is 16.3. The first-order valence-electron chi connectivity index (χ1n) is 5.51. The summed E-state index contributed by atoms with van der Waals surface area (Å²) in [7, 11) is 0. The second-order valence-electron chi connectivity index (χ2n) is 3.95. The third-order valence-corrected chi connectivity index (χ3v) is 2.78. The van der Waals surface area contributed by atoms with Gasteiger partial charge < -0.3 is 9.51 Å². The van der Waals surface area contributed by atoms with E-state index in [1.165, 1.54) is 0 Å². The molecule has 2 heterocycles. The van der Waals surface area contributed by atoms with Gasteiger partial charge in [-0.1, -0.05) is 30.3 Å². The van der Waals surface area contributed by atoms with E-state index < -0.39 is 0 Å². The number of fused-ring (bicyclic) bond motifs is 1. The molecule has 0 saturated carbocycles. The van der Waals surface area contributed by atoms with Crippen molar-refractivity contribution in [3.63, 3.8) is 0 Å². The Kier molecular flexibility index (Phi) is 2.38. The lowest BCUT2D eigenvalue weighted by Crippen LogP contribution is -1.87. The van der Waals surface area contributed by atoms with Gasteiger partial charge in [0.2, 0.25) is 0 Å². The maximum Gasteiger partial charge on any atom is 0.137 e. The Bertz CT molecular complexity index is 644. The maximum atomic E-state index is 9.08. The van der Waals surface area contributed by atoms with Gasteiger partial charge in [0.15, 0.2) is 0 Å². The van der Waals surface area contributed by atoms with Crippen LogP contribution in [0.3, 0.4) is 0 Å². The first kappa shape index (κ1) is 10.1. The second kappa shape index (κ2) is 4.03. The van der Waals surface area contributed by atoms with Crippen LogP contribution in [0.15, 0.2) is 54.9 Å². The smallest absolute Gasteiger partial charge is 0.137 e. The average Bonchev–Trinajstić information content (AvgIpc) is 2.82. The van der Waals surface area contributed by atoms with E-state index in [-0.39, 0.29) is 6.61 Å². The molecule has 0 spiro atoms. The standard InChI is InChI=1S/C14H12N2O/c17-10-11-6-7-16-9-13(15-14(16)8-11)12-4-2-1-3-5-12/h1-9,17H,10H2. The highest BCUT2D eigenvalue weighted by Gasteiger charge is 2.03. The van der Waals surface area contributed by atoms with Crippen molar-refractivity contribution in [3.05, 3.63) is 60.4 Å². The van der Waals surface area contributed by atoms with Gasteiger partial charge in [-0.15, -0.1) is 0 Å². The van der Waals surface area contributed by atoms with Gasteiger partial charge in [0.05, 0.1) is 12.3 Å². The zero-order valence-corrected chi connectivity index (χ0v) is 9.24. The van der Waals surface area contributed by atoms with Crippen LogP contribution in [0, 0.1) is 0 Å². The molecule has 3 rings (SSSR count). The lowest BCUT2D eigenvalue weighted by molar-refractivity contribution is 0.282. The maximum absolute atomic E-state index is 9.08. The molecule has 1 N–H and O–H groups in total. The minimum Gasteiger partial charge on any atom is -0.392 e. The molecule has 0 bridgehead atoms. The molecule has 2 aromatic heterocycles. The number of imidazole rings is 1. The van der Waals surface area contributed by atoms with E-state index in [1.54, 1.807) is 0 Å². The zero-order valence-electron chi connectivity index (χ0n) is 9.24. The first-order chi connectivity index (χ1) is 8.36. The summed E-state index contributed by atoms with van der Waals surface area (Å²) < 4.78 is 1.96. The third kappa shape index (κ3) is 1.81. The summed E-state index contributed by atoms with van der Waals surface area (Å²) in [5, 5.41) is 9.08. The number of aliphatic hydroxyl groups excluding tert-OH is 1. The van der Waals surface area contributed by atoms with E-state index in [9.17, 15) is 0 Å². The molecular formula is C14H12N2O. The summed E-state index contributed by atoms with van der Waals surface area (Å²) in [6.07, 6.45) is 3.91. The predicted molar refractivity (Wildman–Crippen MR) is 66.6 cm³/mol. The molecule has 0 amide bonds. The summed E-state index contributed by atoms with van der Waals surface area (Å²) >= 11 is 0. The van der Waals surface area contributed by atoms with Crippen molar-refractivity contribution in [1.82, 2.24) is 9.38 Å². The Balaban J connectivity index is 2.14. The van der Waals surface area contributed by atoms with Gasteiger partial charge in [0.1, 0.15) is 5.65 Å². The lowest BCUT2D eigenvalue weighted by Gasteiger charge is -1.95. The monoisotopic (exact) mass is 224 g/mol. The molecule has 17 heavy (non-hydrogen) atoms. The second-order valence-corrected chi connectivity index (χ2v) is 3.95. The van der Waals surface area contributed by atoms with Gasteiger partial charge in [0, 0.05) is 18.0 Å². The topological polar surface area (TPSA) is 37.5 Å². The van der Waals surface area contributed by atoms with Crippen molar-refractivity contribution in [2.24, 2.45) is 0 Å². The molecule has 3 nitrogen and oxygen atoms in total. The predicted octanol–water partition coefficient (Wildman–Crippen LogP) is 2.49. The number of aromatic nitrogens is 2. The fraction of sp³-hybridized carbons (Fsp3) is 0.0714. The number of benzene rings is 1. The van der Waals surface area contributed by atoms with Gasteiger partial charge >= 0.3 is 0 Å². The summed E-state index contributed by atoms with van der Waals surface area (Å²) in [5.41, 5.74) is 3.78. The van der Waals surface area contributed by atoms with Crippen LogP contribution in [0.4, 0.5) is 0 Å². The van der Waals surface area contributed by atoms with Gasteiger partial charge in [-0.2, -0.15) is 0 Å². The van der Waals surface area contributed by atoms with E-state index in [0.717, 1.165) is 22.5 Å². The van der Waals surface area contributed by atoms with Crippen molar-refractivity contribution < 1.29 is 5.11 Å². The van der Waals surface area contributed by atoms with E-state index >= 15 is 0 Å². The normalized spacial score (nSPS) is 10.9. The van der Waals surface area contributed by atoms with E-state index in [2.05, 4.69) is 4.98 Å². The van der Waals surface area contributed by atoms with Crippen molar-refractivity contribution >= 4 is 5.65 Å². The van der Waals surface area contributed by atoms with Crippen LogP contribution in [-0.2, 0) is 6.61 Å². The Morgan fingerprint density at radius 2 is 1.94 bits per heavy atom. The Hall–Kier alpha value is -2.13. The summed E-state index contributed by atoms with van der Waals surface area (Å²) in [6.45, 7) is 0.0457. The van der Waals surface area contributed by atoms with Crippen LogP contribution in [0.25, 0.3) is 16.9 Å². The molecule has 0 atom stereocenters. The van der Waals surface area contributed by atoms with Crippen molar-refractivity contribution in [1.29, 1.82) is 0 Å². The molecule has 84 valence electrons. The molecule has 0 radical (unpaired) electrons. The Labute approximate surface area is 99.0 Å². The largest absolute Gasteiger partial charge is 0.392 e. The number of aliphatic hydroxyl groups is 1. The summed E-state index contributed by atoms with van der Waals surface area (Å²) in [4.78, 5) is 4.54. The minimum absolute atomic E-state index is 0.0457.